The molecule has 1 N–H and O–H groups in total. The first-order valence-electron chi connectivity index (χ1n) is 6.72. The van der Waals surface area contributed by atoms with Crippen LogP contribution in [0.5, 0.6) is 0 Å². The van der Waals surface area contributed by atoms with E-state index >= 15 is 0 Å². The fourth-order valence-corrected chi connectivity index (χ4v) is 2.98. The Kier molecular flexibility index (Phi) is 7.27. The van der Waals surface area contributed by atoms with Gasteiger partial charge in [-0.3, -0.25) is 4.68 Å². The van der Waals surface area contributed by atoms with Crippen LogP contribution in [0.2, 0.25) is 0 Å². The maximum Gasteiger partial charge on any atom is 0.0767 e. The van der Waals surface area contributed by atoms with Crippen molar-refractivity contribution in [1.82, 2.24) is 15.1 Å². The van der Waals surface area contributed by atoms with Crippen molar-refractivity contribution in [2.75, 3.05) is 6.54 Å². The Hall–Kier alpha value is -0.0600. The van der Waals surface area contributed by atoms with Crippen LogP contribution in [0.3, 0.4) is 0 Å². The first-order chi connectivity index (χ1) is 8.63. The summed E-state index contributed by atoms with van der Waals surface area (Å²) in [5.74, 6) is 0. The SMILES string of the molecule is CCCC(Cl)CNCc1c(Br)c(CC)nn1CC. The fourth-order valence-electron chi connectivity index (χ4n) is 1.95. The van der Waals surface area contributed by atoms with Crippen LogP contribution in [-0.4, -0.2) is 21.7 Å². The zero-order chi connectivity index (χ0) is 13.5. The van der Waals surface area contributed by atoms with Gasteiger partial charge in [-0.2, -0.15) is 5.10 Å². The van der Waals surface area contributed by atoms with Gasteiger partial charge in [-0.1, -0.05) is 20.3 Å². The zero-order valence-electron chi connectivity index (χ0n) is 11.5. The summed E-state index contributed by atoms with van der Waals surface area (Å²) < 4.78 is 3.19. The summed E-state index contributed by atoms with van der Waals surface area (Å²) >= 11 is 9.84. The summed E-state index contributed by atoms with van der Waals surface area (Å²) in [6, 6.07) is 0. The Bertz CT molecular complexity index is 365. The Morgan fingerprint density at radius 1 is 1.39 bits per heavy atom. The van der Waals surface area contributed by atoms with E-state index in [4.69, 9.17) is 11.6 Å². The Balaban J connectivity index is 2.58. The van der Waals surface area contributed by atoms with E-state index in [2.05, 4.69) is 51.8 Å². The van der Waals surface area contributed by atoms with Crippen LogP contribution in [0.25, 0.3) is 0 Å². The van der Waals surface area contributed by atoms with Gasteiger partial charge in [0.15, 0.2) is 0 Å². The molecule has 0 saturated carbocycles. The fraction of sp³-hybridized carbons (Fsp3) is 0.769. The van der Waals surface area contributed by atoms with Gasteiger partial charge >= 0.3 is 0 Å². The zero-order valence-corrected chi connectivity index (χ0v) is 13.8. The minimum atomic E-state index is 0.220. The number of rotatable bonds is 8. The highest BCUT2D eigenvalue weighted by Gasteiger charge is 2.13. The Morgan fingerprint density at radius 3 is 2.67 bits per heavy atom. The number of aryl methyl sites for hydroxylation is 2. The molecule has 0 aliphatic heterocycles. The molecule has 0 bridgehead atoms. The van der Waals surface area contributed by atoms with E-state index in [1.165, 1.54) is 5.69 Å². The molecule has 5 heteroatoms. The van der Waals surface area contributed by atoms with Crippen molar-refractivity contribution < 1.29 is 0 Å². The van der Waals surface area contributed by atoms with E-state index in [9.17, 15) is 0 Å². The van der Waals surface area contributed by atoms with Crippen molar-refractivity contribution in [2.45, 2.75) is 58.5 Å². The van der Waals surface area contributed by atoms with Gasteiger partial charge in [-0.15, -0.1) is 11.6 Å². The summed E-state index contributed by atoms with van der Waals surface area (Å²) in [6.07, 6.45) is 3.14. The number of hydrogen-bond donors (Lipinski definition) is 1. The number of aromatic nitrogens is 2. The molecule has 0 fully saturated rings. The molecule has 1 aromatic rings. The van der Waals surface area contributed by atoms with E-state index < -0.39 is 0 Å². The molecule has 1 aromatic heterocycles. The smallest absolute Gasteiger partial charge is 0.0767 e. The summed E-state index contributed by atoms with van der Waals surface area (Å²) in [6.45, 7) is 8.96. The van der Waals surface area contributed by atoms with Gasteiger partial charge in [0.25, 0.3) is 0 Å². The largest absolute Gasteiger partial charge is 0.310 e. The number of halogens is 2. The molecule has 1 heterocycles. The van der Waals surface area contributed by atoms with Crippen LogP contribution in [0.1, 0.15) is 45.0 Å². The second kappa shape index (κ2) is 8.18. The average molecular weight is 337 g/mol. The van der Waals surface area contributed by atoms with Gasteiger partial charge in [0.05, 0.1) is 15.9 Å². The molecule has 0 radical (unpaired) electrons. The molecule has 1 atom stereocenters. The van der Waals surface area contributed by atoms with Crippen molar-refractivity contribution in [3.05, 3.63) is 15.9 Å². The molecule has 0 saturated heterocycles. The second-order valence-electron chi connectivity index (χ2n) is 4.39. The van der Waals surface area contributed by atoms with E-state index in [1.54, 1.807) is 0 Å². The van der Waals surface area contributed by atoms with Crippen LogP contribution >= 0.6 is 27.5 Å². The average Bonchev–Trinajstić information content (AvgIpc) is 2.66. The highest BCUT2D eigenvalue weighted by molar-refractivity contribution is 9.10. The van der Waals surface area contributed by atoms with Crippen molar-refractivity contribution in [2.24, 2.45) is 0 Å². The summed E-state index contributed by atoms with van der Waals surface area (Å²) in [5, 5.41) is 8.21. The van der Waals surface area contributed by atoms with Crippen LogP contribution in [-0.2, 0) is 19.5 Å². The van der Waals surface area contributed by atoms with Gasteiger partial charge in [0.1, 0.15) is 0 Å². The summed E-state index contributed by atoms with van der Waals surface area (Å²) in [4.78, 5) is 0. The highest BCUT2D eigenvalue weighted by Crippen LogP contribution is 2.22. The van der Waals surface area contributed by atoms with Crippen LogP contribution in [0.15, 0.2) is 4.47 Å². The third kappa shape index (κ3) is 4.25. The maximum atomic E-state index is 6.20. The van der Waals surface area contributed by atoms with E-state index in [1.807, 2.05) is 0 Å². The molecular weight excluding hydrogens is 314 g/mol. The van der Waals surface area contributed by atoms with Crippen molar-refractivity contribution in [3.63, 3.8) is 0 Å². The maximum absolute atomic E-state index is 6.20. The minimum Gasteiger partial charge on any atom is -0.310 e. The highest BCUT2D eigenvalue weighted by atomic mass is 79.9. The lowest BCUT2D eigenvalue weighted by molar-refractivity contribution is 0.563. The molecule has 0 aliphatic carbocycles. The van der Waals surface area contributed by atoms with E-state index in [-0.39, 0.29) is 5.38 Å². The number of nitrogens with one attached hydrogen (secondary N) is 1. The molecule has 1 unspecified atom stereocenters. The van der Waals surface area contributed by atoms with Crippen molar-refractivity contribution in [1.29, 1.82) is 0 Å². The Morgan fingerprint density at radius 2 is 2.11 bits per heavy atom. The molecular formula is C13H23BrClN3. The molecule has 18 heavy (non-hydrogen) atoms. The van der Waals surface area contributed by atoms with Crippen molar-refractivity contribution in [3.8, 4) is 0 Å². The van der Waals surface area contributed by atoms with Gasteiger partial charge < -0.3 is 5.32 Å². The topological polar surface area (TPSA) is 29.9 Å². The predicted molar refractivity (Wildman–Crippen MR) is 81.2 cm³/mol. The number of alkyl halides is 1. The monoisotopic (exact) mass is 335 g/mol. The molecule has 0 amide bonds. The normalized spacial score (nSPS) is 12.9. The van der Waals surface area contributed by atoms with Crippen LogP contribution in [0.4, 0.5) is 0 Å². The van der Waals surface area contributed by atoms with Gasteiger partial charge in [0.2, 0.25) is 0 Å². The minimum absolute atomic E-state index is 0.220. The standard InChI is InChI=1S/C13H23BrClN3/c1-4-7-10(15)8-16-9-12-13(14)11(5-2)17-18(12)6-3/h10,16H,4-9H2,1-3H3. The second-order valence-corrected chi connectivity index (χ2v) is 5.80. The predicted octanol–water partition coefficient (Wildman–Crippen LogP) is 3.73. The van der Waals surface area contributed by atoms with Gasteiger partial charge in [0, 0.05) is 25.0 Å². The summed E-state index contributed by atoms with van der Waals surface area (Å²) in [5.41, 5.74) is 2.35. The quantitative estimate of drug-likeness (QED) is 0.733. The van der Waals surface area contributed by atoms with Gasteiger partial charge in [-0.25, -0.2) is 0 Å². The van der Waals surface area contributed by atoms with E-state index in [0.717, 1.165) is 49.1 Å². The van der Waals surface area contributed by atoms with Crippen LogP contribution in [0, 0.1) is 0 Å². The summed E-state index contributed by atoms with van der Waals surface area (Å²) in [7, 11) is 0. The number of hydrogen-bond acceptors (Lipinski definition) is 2. The third-order valence-corrected chi connectivity index (χ3v) is 4.24. The lowest BCUT2D eigenvalue weighted by atomic mass is 10.2. The van der Waals surface area contributed by atoms with Gasteiger partial charge in [-0.05, 0) is 35.7 Å². The van der Waals surface area contributed by atoms with Crippen molar-refractivity contribution >= 4 is 27.5 Å². The lowest BCUT2D eigenvalue weighted by Gasteiger charge is -2.11. The Labute approximate surface area is 123 Å². The number of nitrogens with zero attached hydrogens (tertiary/aromatic N) is 2. The molecule has 3 nitrogen and oxygen atoms in total. The molecule has 1 rings (SSSR count). The molecule has 0 aliphatic rings. The third-order valence-electron chi connectivity index (χ3n) is 2.95. The first kappa shape index (κ1) is 16.0. The lowest BCUT2D eigenvalue weighted by Crippen LogP contribution is -2.24. The first-order valence-corrected chi connectivity index (χ1v) is 7.95. The molecule has 0 aromatic carbocycles. The molecule has 0 spiro atoms. The van der Waals surface area contributed by atoms with E-state index in [0.29, 0.717) is 0 Å². The van der Waals surface area contributed by atoms with Crippen LogP contribution < -0.4 is 5.32 Å². The molecule has 104 valence electrons.